The van der Waals surface area contributed by atoms with Crippen molar-refractivity contribution in [3.05, 3.63) is 29.8 Å². The molecule has 0 saturated carbocycles. The standard InChI is InChI=1S/C6H3F2O/c7-5-2-1-4(9)3-6(5)8/h1,3,9H. The van der Waals surface area contributed by atoms with Crippen molar-refractivity contribution < 1.29 is 13.9 Å². The van der Waals surface area contributed by atoms with E-state index < -0.39 is 11.6 Å². The van der Waals surface area contributed by atoms with Crippen LogP contribution in [0.15, 0.2) is 12.1 Å². The third-order valence-corrected chi connectivity index (χ3v) is 0.831. The monoisotopic (exact) mass is 129 g/mol. The molecule has 1 rings (SSSR count). The predicted molar refractivity (Wildman–Crippen MR) is 26.9 cm³/mol. The van der Waals surface area contributed by atoms with Gasteiger partial charge in [0.1, 0.15) is 5.75 Å². The molecule has 47 valence electrons. The van der Waals surface area contributed by atoms with Crippen molar-refractivity contribution in [3.8, 4) is 5.75 Å². The highest BCUT2D eigenvalue weighted by atomic mass is 19.2. The van der Waals surface area contributed by atoms with Crippen LogP contribution < -0.4 is 0 Å². The first kappa shape index (κ1) is 6.01. The van der Waals surface area contributed by atoms with Crippen molar-refractivity contribution >= 4 is 0 Å². The van der Waals surface area contributed by atoms with Gasteiger partial charge in [-0.15, -0.1) is 0 Å². The van der Waals surface area contributed by atoms with Gasteiger partial charge in [0.2, 0.25) is 0 Å². The van der Waals surface area contributed by atoms with Gasteiger partial charge in [-0.25, -0.2) is 8.78 Å². The Labute approximate surface area is 50.6 Å². The highest BCUT2D eigenvalue weighted by Crippen LogP contribution is 2.11. The summed E-state index contributed by atoms with van der Waals surface area (Å²) in [6.45, 7) is 0. The van der Waals surface area contributed by atoms with Crippen molar-refractivity contribution in [2.45, 2.75) is 0 Å². The molecule has 1 N–H and O–H groups in total. The normalized spacial score (nSPS) is 9.56. The predicted octanol–water partition coefficient (Wildman–Crippen LogP) is 1.47. The Hall–Kier alpha value is -1.12. The van der Waals surface area contributed by atoms with Crippen LogP contribution in [0.5, 0.6) is 5.75 Å². The largest absolute Gasteiger partial charge is 0.508 e. The molecular formula is C6H3F2O. The molecule has 1 nitrogen and oxygen atoms in total. The van der Waals surface area contributed by atoms with Crippen LogP contribution in [0, 0.1) is 17.7 Å². The molecule has 3 heteroatoms. The van der Waals surface area contributed by atoms with E-state index in [1.54, 1.807) is 0 Å². The van der Waals surface area contributed by atoms with Gasteiger partial charge in [0.15, 0.2) is 11.6 Å². The Morgan fingerprint density at radius 1 is 1.44 bits per heavy atom. The molecule has 0 saturated heterocycles. The van der Waals surface area contributed by atoms with E-state index >= 15 is 0 Å². The highest BCUT2D eigenvalue weighted by molar-refractivity contribution is 5.20. The van der Waals surface area contributed by atoms with E-state index in [0.717, 1.165) is 6.07 Å². The van der Waals surface area contributed by atoms with Crippen molar-refractivity contribution in [3.63, 3.8) is 0 Å². The van der Waals surface area contributed by atoms with Crippen LogP contribution in [-0.4, -0.2) is 5.11 Å². The number of hydrogen-bond donors (Lipinski definition) is 1. The van der Waals surface area contributed by atoms with E-state index in [9.17, 15) is 8.78 Å². The Kier molecular flexibility index (Phi) is 1.34. The molecule has 0 spiro atoms. The van der Waals surface area contributed by atoms with Crippen molar-refractivity contribution in [2.75, 3.05) is 0 Å². The summed E-state index contributed by atoms with van der Waals surface area (Å²) in [6.07, 6.45) is 0. The lowest BCUT2D eigenvalue weighted by Gasteiger charge is -1.90. The summed E-state index contributed by atoms with van der Waals surface area (Å²) in [5.41, 5.74) is 0. The molecule has 0 fully saturated rings. The summed E-state index contributed by atoms with van der Waals surface area (Å²) in [7, 11) is 0. The minimum atomic E-state index is -1.09. The van der Waals surface area contributed by atoms with Gasteiger partial charge < -0.3 is 5.11 Å². The average Bonchev–Trinajstić information content (AvgIpc) is 1.80. The minimum absolute atomic E-state index is 0.325. The summed E-state index contributed by atoms with van der Waals surface area (Å²) < 4.78 is 24.0. The van der Waals surface area contributed by atoms with E-state index in [0.29, 0.717) is 6.07 Å². The second-order valence-corrected chi connectivity index (χ2v) is 1.52. The van der Waals surface area contributed by atoms with E-state index in [1.807, 2.05) is 6.07 Å². The molecule has 9 heavy (non-hydrogen) atoms. The lowest BCUT2D eigenvalue weighted by atomic mass is 10.3. The van der Waals surface area contributed by atoms with E-state index in [4.69, 9.17) is 5.11 Å². The topological polar surface area (TPSA) is 20.2 Å². The molecule has 0 amide bonds. The lowest BCUT2D eigenvalue weighted by Crippen LogP contribution is -1.80. The molecule has 0 aliphatic carbocycles. The summed E-state index contributed by atoms with van der Waals surface area (Å²) in [5.74, 6) is -2.49. The number of phenolic OH excluding ortho intramolecular Hbond substituents is 1. The van der Waals surface area contributed by atoms with Crippen LogP contribution in [0.2, 0.25) is 0 Å². The fourth-order valence-electron chi connectivity index (χ4n) is 0.441. The Bertz CT molecular complexity index is 222. The maximum atomic E-state index is 12.0. The Morgan fingerprint density at radius 3 is 2.56 bits per heavy atom. The third-order valence-electron chi connectivity index (χ3n) is 0.831. The van der Waals surface area contributed by atoms with Gasteiger partial charge >= 0.3 is 0 Å². The Balaban J connectivity index is 3.17. The summed E-state index contributed by atoms with van der Waals surface area (Å²) in [4.78, 5) is 0. The quantitative estimate of drug-likeness (QED) is 0.562. The molecule has 0 aromatic heterocycles. The summed E-state index contributed by atoms with van der Waals surface area (Å²) >= 11 is 0. The number of benzene rings is 1. The zero-order chi connectivity index (χ0) is 6.85. The lowest BCUT2D eigenvalue weighted by molar-refractivity contribution is 0.454. The maximum Gasteiger partial charge on any atom is 0.167 e. The van der Waals surface area contributed by atoms with Crippen LogP contribution in [0.3, 0.4) is 0 Å². The van der Waals surface area contributed by atoms with E-state index in [2.05, 4.69) is 0 Å². The SMILES string of the molecule is Oc1c[c]c(F)c(F)c1. The zero-order valence-corrected chi connectivity index (χ0v) is 4.36. The fourth-order valence-corrected chi connectivity index (χ4v) is 0.441. The first-order chi connectivity index (χ1) is 4.20. The van der Waals surface area contributed by atoms with Crippen LogP contribution in [0.25, 0.3) is 0 Å². The first-order valence-corrected chi connectivity index (χ1v) is 2.26. The Morgan fingerprint density at radius 2 is 2.11 bits per heavy atom. The molecule has 1 aromatic rings. The smallest absolute Gasteiger partial charge is 0.167 e. The van der Waals surface area contributed by atoms with Crippen molar-refractivity contribution in [1.29, 1.82) is 0 Å². The second-order valence-electron chi connectivity index (χ2n) is 1.52. The third kappa shape index (κ3) is 1.16. The molecule has 0 unspecified atom stereocenters. The van der Waals surface area contributed by atoms with Crippen LogP contribution in [0.1, 0.15) is 0 Å². The molecule has 0 bridgehead atoms. The molecular weight excluding hydrogens is 126 g/mol. The van der Waals surface area contributed by atoms with Crippen molar-refractivity contribution in [2.24, 2.45) is 0 Å². The minimum Gasteiger partial charge on any atom is -0.508 e. The number of rotatable bonds is 0. The zero-order valence-electron chi connectivity index (χ0n) is 4.36. The number of aromatic hydroxyl groups is 1. The second kappa shape index (κ2) is 2.01. The number of halogens is 2. The van der Waals surface area contributed by atoms with E-state index in [-0.39, 0.29) is 5.75 Å². The highest BCUT2D eigenvalue weighted by Gasteiger charge is 1.99. The molecule has 0 atom stereocenters. The van der Waals surface area contributed by atoms with Crippen LogP contribution in [-0.2, 0) is 0 Å². The first-order valence-electron chi connectivity index (χ1n) is 2.26. The molecule has 0 aliphatic rings. The number of phenols is 1. The van der Waals surface area contributed by atoms with E-state index in [1.165, 1.54) is 0 Å². The average molecular weight is 129 g/mol. The molecule has 0 aliphatic heterocycles. The van der Waals surface area contributed by atoms with Crippen LogP contribution in [0.4, 0.5) is 8.78 Å². The van der Waals surface area contributed by atoms with Gasteiger partial charge in [-0.05, 0) is 6.07 Å². The van der Waals surface area contributed by atoms with Crippen LogP contribution >= 0.6 is 0 Å². The van der Waals surface area contributed by atoms with Gasteiger partial charge in [-0.3, -0.25) is 0 Å². The molecule has 0 heterocycles. The maximum absolute atomic E-state index is 12.0. The van der Waals surface area contributed by atoms with Gasteiger partial charge in [-0.2, -0.15) is 0 Å². The van der Waals surface area contributed by atoms with Gasteiger partial charge in [0, 0.05) is 12.1 Å². The number of hydrogen-bond acceptors (Lipinski definition) is 1. The summed E-state index contributed by atoms with van der Waals surface area (Å²) in [6, 6.07) is 3.52. The van der Waals surface area contributed by atoms with Gasteiger partial charge in [0.05, 0.1) is 0 Å². The van der Waals surface area contributed by atoms with Crippen molar-refractivity contribution in [1.82, 2.24) is 0 Å². The summed E-state index contributed by atoms with van der Waals surface area (Å²) in [5, 5.41) is 8.50. The fraction of sp³-hybridized carbons (Fsp3) is 0. The van der Waals surface area contributed by atoms with Gasteiger partial charge in [-0.1, -0.05) is 0 Å². The van der Waals surface area contributed by atoms with Gasteiger partial charge in [0.25, 0.3) is 0 Å². The molecule has 1 aromatic carbocycles. The molecule has 1 radical (unpaired) electrons.